The quantitative estimate of drug-likeness (QED) is 0.654. The van der Waals surface area contributed by atoms with Crippen LogP contribution in [-0.4, -0.2) is 53.7 Å². The zero-order valence-corrected chi connectivity index (χ0v) is 19.4. The first-order chi connectivity index (χ1) is 16.3. The Morgan fingerprint density at radius 2 is 1.56 bits per heavy atom. The maximum Gasteiger partial charge on any atom is 0.407 e. The zero-order chi connectivity index (χ0) is 24.0. The Hall–Kier alpha value is -3.35. The molecular weight excluding hydrogens is 432 g/mol. The summed E-state index contributed by atoms with van der Waals surface area (Å²) in [6.07, 6.45) is -0.106. The van der Waals surface area contributed by atoms with Crippen molar-refractivity contribution < 1.29 is 24.2 Å². The van der Waals surface area contributed by atoms with Gasteiger partial charge in [-0.3, -0.25) is 9.59 Å². The molecule has 3 aliphatic rings. The molecule has 1 aliphatic heterocycles. The van der Waals surface area contributed by atoms with E-state index < -0.39 is 18.1 Å². The number of carbonyl (C=O) groups excluding carboxylic acids is 2. The highest BCUT2D eigenvalue weighted by Crippen LogP contribution is 2.52. The van der Waals surface area contributed by atoms with Crippen LogP contribution in [0.3, 0.4) is 0 Å². The lowest BCUT2D eigenvalue weighted by molar-refractivity contribution is -0.141. The van der Waals surface area contributed by atoms with Gasteiger partial charge in [0.15, 0.2) is 0 Å². The lowest BCUT2D eigenvalue weighted by Gasteiger charge is -2.27. The molecule has 4 atom stereocenters. The fourth-order valence-electron chi connectivity index (χ4n) is 5.77. The summed E-state index contributed by atoms with van der Waals surface area (Å²) in [6, 6.07) is 15.6. The summed E-state index contributed by atoms with van der Waals surface area (Å²) >= 11 is 0. The van der Waals surface area contributed by atoms with E-state index in [-0.39, 0.29) is 42.1 Å². The fourth-order valence-corrected chi connectivity index (χ4v) is 5.77. The number of piperidine rings is 1. The molecule has 1 saturated heterocycles. The molecule has 178 valence electrons. The average Bonchev–Trinajstić information content (AvgIpc) is 3.17. The van der Waals surface area contributed by atoms with Crippen LogP contribution in [0.1, 0.15) is 37.3 Å². The van der Waals surface area contributed by atoms with Crippen LogP contribution in [-0.2, 0) is 14.3 Å². The molecule has 2 aromatic carbocycles. The number of rotatable bonds is 7. The third kappa shape index (κ3) is 4.04. The Labute approximate surface area is 199 Å². The number of nitrogens with zero attached hydrogens (tertiary/aromatic N) is 1. The number of aliphatic carboxylic acids is 1. The third-order valence-corrected chi connectivity index (χ3v) is 7.43. The predicted octanol–water partition coefficient (Wildman–Crippen LogP) is 3.73. The molecule has 2 N–H and O–H groups in total. The van der Waals surface area contributed by atoms with Crippen molar-refractivity contribution in [3.63, 3.8) is 0 Å². The molecule has 2 aliphatic carbocycles. The van der Waals surface area contributed by atoms with Gasteiger partial charge < -0.3 is 20.1 Å². The van der Waals surface area contributed by atoms with Crippen molar-refractivity contribution in [2.24, 2.45) is 23.7 Å². The van der Waals surface area contributed by atoms with Gasteiger partial charge in [-0.1, -0.05) is 62.4 Å². The number of amides is 2. The first kappa shape index (κ1) is 22.4. The van der Waals surface area contributed by atoms with Gasteiger partial charge in [0.2, 0.25) is 5.91 Å². The summed E-state index contributed by atoms with van der Waals surface area (Å²) in [6.45, 7) is 5.09. The van der Waals surface area contributed by atoms with E-state index in [1.54, 1.807) is 4.90 Å². The van der Waals surface area contributed by atoms with Crippen molar-refractivity contribution >= 4 is 18.0 Å². The van der Waals surface area contributed by atoms with Gasteiger partial charge in [0.25, 0.3) is 0 Å². The maximum atomic E-state index is 13.2. The minimum absolute atomic E-state index is 0.0376. The minimum atomic E-state index is -0.780. The second-order valence-electron chi connectivity index (χ2n) is 10.1. The number of ether oxygens (including phenoxy) is 1. The van der Waals surface area contributed by atoms with Gasteiger partial charge in [-0.25, -0.2) is 4.79 Å². The van der Waals surface area contributed by atoms with E-state index >= 15 is 0 Å². The van der Waals surface area contributed by atoms with E-state index in [0.717, 1.165) is 22.3 Å². The number of carboxylic acids is 1. The molecule has 5 rings (SSSR count). The number of fused-ring (bicyclic) bond motifs is 4. The SMILES string of the molecule is CC(C)CC(NC(=O)OCC1c2ccccc2-c2ccccc21)C(=O)N1C[C@@H]2C(C(=O)O)[C@@H]2C1. The molecule has 2 unspecified atom stereocenters. The summed E-state index contributed by atoms with van der Waals surface area (Å²) < 4.78 is 5.64. The van der Waals surface area contributed by atoms with Gasteiger partial charge in [0.1, 0.15) is 12.6 Å². The molecule has 0 spiro atoms. The van der Waals surface area contributed by atoms with Gasteiger partial charge >= 0.3 is 12.1 Å². The Morgan fingerprint density at radius 1 is 1.00 bits per heavy atom. The zero-order valence-electron chi connectivity index (χ0n) is 19.4. The van der Waals surface area contributed by atoms with Crippen LogP contribution in [0.2, 0.25) is 0 Å². The van der Waals surface area contributed by atoms with Crippen molar-refractivity contribution in [1.82, 2.24) is 10.2 Å². The Balaban J connectivity index is 1.22. The Kier molecular flexibility index (Phi) is 5.80. The van der Waals surface area contributed by atoms with Gasteiger partial charge in [0.05, 0.1) is 5.92 Å². The van der Waals surface area contributed by atoms with E-state index in [9.17, 15) is 19.5 Å². The van der Waals surface area contributed by atoms with E-state index in [4.69, 9.17) is 4.74 Å². The Bertz CT molecular complexity index is 1070. The second-order valence-corrected chi connectivity index (χ2v) is 10.1. The molecule has 2 amide bonds. The van der Waals surface area contributed by atoms with Crippen LogP contribution in [0.25, 0.3) is 11.1 Å². The molecule has 0 aromatic heterocycles. The monoisotopic (exact) mass is 462 g/mol. The lowest BCUT2D eigenvalue weighted by Crippen LogP contribution is -2.49. The molecule has 7 heteroatoms. The summed E-state index contributed by atoms with van der Waals surface area (Å²) in [7, 11) is 0. The first-order valence-corrected chi connectivity index (χ1v) is 12.0. The molecular formula is C27H30N2O5. The highest BCUT2D eigenvalue weighted by molar-refractivity contribution is 5.87. The molecule has 0 radical (unpaired) electrons. The van der Waals surface area contributed by atoms with Crippen molar-refractivity contribution in [2.75, 3.05) is 19.7 Å². The van der Waals surface area contributed by atoms with Crippen molar-refractivity contribution in [2.45, 2.75) is 32.2 Å². The molecule has 0 bridgehead atoms. The normalized spacial score (nSPS) is 23.1. The average molecular weight is 463 g/mol. The molecule has 2 fully saturated rings. The number of benzene rings is 2. The topological polar surface area (TPSA) is 95.9 Å². The number of hydrogen-bond donors (Lipinski definition) is 2. The van der Waals surface area contributed by atoms with Crippen LogP contribution < -0.4 is 5.32 Å². The van der Waals surface area contributed by atoms with E-state index in [2.05, 4.69) is 29.6 Å². The Morgan fingerprint density at radius 3 is 2.09 bits per heavy atom. The first-order valence-electron chi connectivity index (χ1n) is 12.0. The minimum Gasteiger partial charge on any atom is -0.481 e. The van der Waals surface area contributed by atoms with Crippen LogP contribution >= 0.6 is 0 Å². The number of alkyl carbamates (subject to hydrolysis) is 1. The molecule has 34 heavy (non-hydrogen) atoms. The van der Waals surface area contributed by atoms with Crippen LogP contribution in [0.4, 0.5) is 4.79 Å². The van der Waals surface area contributed by atoms with Crippen LogP contribution in [0.15, 0.2) is 48.5 Å². The summed E-state index contributed by atoms with van der Waals surface area (Å²) in [5.74, 6) is -1.03. The van der Waals surface area contributed by atoms with Crippen LogP contribution in [0.5, 0.6) is 0 Å². The fraction of sp³-hybridized carbons (Fsp3) is 0.444. The van der Waals surface area contributed by atoms with Crippen molar-refractivity contribution in [3.05, 3.63) is 59.7 Å². The number of nitrogens with one attached hydrogen (secondary N) is 1. The van der Waals surface area contributed by atoms with Crippen molar-refractivity contribution in [1.29, 1.82) is 0 Å². The van der Waals surface area contributed by atoms with E-state index in [0.29, 0.717) is 19.5 Å². The van der Waals surface area contributed by atoms with E-state index in [1.807, 2.05) is 38.1 Å². The predicted molar refractivity (Wildman–Crippen MR) is 126 cm³/mol. The molecule has 1 heterocycles. The summed E-state index contributed by atoms with van der Waals surface area (Å²) in [5, 5.41) is 12.0. The molecule has 2 aromatic rings. The lowest BCUT2D eigenvalue weighted by atomic mass is 9.98. The molecule has 1 saturated carbocycles. The van der Waals surface area contributed by atoms with E-state index in [1.165, 1.54) is 0 Å². The summed E-state index contributed by atoms with van der Waals surface area (Å²) in [5.41, 5.74) is 4.59. The summed E-state index contributed by atoms with van der Waals surface area (Å²) in [4.78, 5) is 38.9. The van der Waals surface area contributed by atoms with Gasteiger partial charge in [-0.15, -0.1) is 0 Å². The van der Waals surface area contributed by atoms with Gasteiger partial charge in [-0.05, 0) is 46.4 Å². The van der Waals surface area contributed by atoms with Crippen LogP contribution in [0, 0.1) is 23.7 Å². The van der Waals surface area contributed by atoms with Gasteiger partial charge in [0, 0.05) is 19.0 Å². The standard InChI is InChI=1S/C27H30N2O5/c1-15(2)11-23(25(30)29-12-20-21(13-29)24(20)26(31)32)28-27(33)34-14-22-18-9-5-3-7-16(18)17-8-4-6-10-19(17)22/h3-10,15,20-24H,11-14H2,1-2H3,(H,28,33)(H,31,32)/t20-,21+,23?,24?. The third-order valence-electron chi connectivity index (χ3n) is 7.43. The highest BCUT2D eigenvalue weighted by atomic mass is 16.5. The number of likely N-dealkylation sites (tertiary alicyclic amines) is 1. The second kappa shape index (κ2) is 8.78. The number of carbonyl (C=O) groups is 3. The number of hydrogen-bond acceptors (Lipinski definition) is 4. The molecule has 7 nitrogen and oxygen atoms in total. The smallest absolute Gasteiger partial charge is 0.407 e. The number of carboxylic acid groups (broad SMARTS) is 1. The highest BCUT2D eigenvalue weighted by Gasteiger charge is 2.60. The maximum absolute atomic E-state index is 13.2. The van der Waals surface area contributed by atoms with Crippen molar-refractivity contribution in [3.8, 4) is 11.1 Å². The largest absolute Gasteiger partial charge is 0.481 e. The van der Waals surface area contributed by atoms with Gasteiger partial charge in [-0.2, -0.15) is 0 Å².